The Labute approximate surface area is 189 Å². The second-order valence-electron chi connectivity index (χ2n) is 8.63. The van der Waals surface area contributed by atoms with E-state index in [1.54, 1.807) is 26.8 Å². The number of benzene rings is 2. The van der Waals surface area contributed by atoms with Gasteiger partial charge in [-0.3, -0.25) is 5.43 Å². The Morgan fingerprint density at radius 3 is 2.03 bits per heavy atom. The molecule has 1 heterocycles. The highest BCUT2D eigenvalue weighted by Crippen LogP contribution is 2.31. The first-order valence-corrected chi connectivity index (χ1v) is 10.6. The van der Waals surface area contributed by atoms with Gasteiger partial charge in [-0.2, -0.15) is 0 Å². The predicted octanol–water partition coefficient (Wildman–Crippen LogP) is 5.03. The molecule has 3 aromatic rings. The molecule has 4 N–H and O–H groups in total. The summed E-state index contributed by atoms with van der Waals surface area (Å²) in [6.45, 7) is 8.58. The van der Waals surface area contributed by atoms with Gasteiger partial charge in [0.15, 0.2) is 5.82 Å². The number of aryl methyl sites for hydroxylation is 1. The van der Waals surface area contributed by atoms with Crippen LogP contribution in [0.1, 0.15) is 37.6 Å². The van der Waals surface area contributed by atoms with Crippen molar-refractivity contribution in [3.05, 3.63) is 83.6 Å². The van der Waals surface area contributed by atoms with Gasteiger partial charge < -0.3 is 15.4 Å². The van der Waals surface area contributed by atoms with Gasteiger partial charge in [-0.1, -0.05) is 60.7 Å². The summed E-state index contributed by atoms with van der Waals surface area (Å²) in [6, 6.07) is 22.1. The Morgan fingerprint density at radius 1 is 1.00 bits per heavy atom. The molecule has 7 heteroatoms. The van der Waals surface area contributed by atoms with Crippen LogP contribution in [0, 0.1) is 6.92 Å². The van der Waals surface area contributed by atoms with Crippen LogP contribution in [0.25, 0.3) is 0 Å². The Bertz CT molecular complexity index is 992. The highest BCUT2D eigenvalue weighted by Gasteiger charge is 2.19. The van der Waals surface area contributed by atoms with Crippen molar-refractivity contribution in [3.8, 4) is 0 Å². The fraction of sp³-hybridized carbons (Fsp3) is 0.280. The largest absolute Gasteiger partial charge is 0.443 e. The first-order valence-electron chi connectivity index (χ1n) is 10.6. The molecule has 0 aliphatic carbocycles. The number of hydrogen-bond donors (Lipinski definition) is 3. The molecule has 3 rings (SSSR count). The van der Waals surface area contributed by atoms with Crippen LogP contribution in [0.15, 0.2) is 66.7 Å². The standard InChI is InChI=1S/C25H31N5O2/c1-18-15-21(28-29-24(31)32-25(2,3)4)22(26)23(27-18)30(16-19-11-7-5-8-12-19)17-20-13-9-6-10-14-20/h5-15H,16-17,26H2,1-4H3,(H,27,28)(H,29,31). The van der Waals surface area contributed by atoms with Crippen molar-refractivity contribution in [1.82, 2.24) is 10.4 Å². The Morgan fingerprint density at radius 2 is 1.53 bits per heavy atom. The minimum atomic E-state index is -0.598. The van der Waals surface area contributed by atoms with Gasteiger partial charge in [0.1, 0.15) is 11.3 Å². The van der Waals surface area contributed by atoms with Crippen molar-refractivity contribution in [1.29, 1.82) is 0 Å². The summed E-state index contributed by atoms with van der Waals surface area (Å²) >= 11 is 0. The molecule has 0 aliphatic rings. The lowest BCUT2D eigenvalue weighted by Crippen LogP contribution is -2.36. The average Bonchev–Trinajstić information content (AvgIpc) is 2.74. The molecule has 0 spiro atoms. The topological polar surface area (TPSA) is 92.5 Å². The third-order valence-electron chi connectivity index (χ3n) is 4.60. The third kappa shape index (κ3) is 6.63. The molecule has 0 unspecified atom stereocenters. The fourth-order valence-electron chi connectivity index (χ4n) is 3.25. The normalized spacial score (nSPS) is 11.0. The quantitative estimate of drug-likeness (QED) is 0.453. The smallest absolute Gasteiger partial charge is 0.426 e. The third-order valence-corrected chi connectivity index (χ3v) is 4.60. The molecule has 0 saturated heterocycles. The van der Waals surface area contributed by atoms with Gasteiger partial charge in [0.2, 0.25) is 0 Å². The molecule has 0 fully saturated rings. The minimum absolute atomic E-state index is 0.443. The first kappa shape index (κ1) is 22.9. The highest BCUT2D eigenvalue weighted by molar-refractivity contribution is 5.80. The van der Waals surface area contributed by atoms with Gasteiger partial charge in [0.25, 0.3) is 0 Å². The summed E-state index contributed by atoms with van der Waals surface area (Å²) in [6.07, 6.45) is -0.585. The van der Waals surface area contributed by atoms with Gasteiger partial charge in [-0.05, 0) is 44.9 Å². The summed E-state index contributed by atoms with van der Waals surface area (Å²) in [7, 11) is 0. The summed E-state index contributed by atoms with van der Waals surface area (Å²) in [4.78, 5) is 18.9. The number of nitrogens with one attached hydrogen (secondary N) is 2. The van der Waals surface area contributed by atoms with Crippen molar-refractivity contribution >= 4 is 23.3 Å². The monoisotopic (exact) mass is 433 g/mol. The molecule has 1 aromatic heterocycles. The van der Waals surface area contributed by atoms with Gasteiger partial charge in [0.05, 0.1) is 5.69 Å². The minimum Gasteiger partial charge on any atom is -0.443 e. The molecule has 0 atom stereocenters. The second kappa shape index (κ2) is 10.0. The summed E-state index contributed by atoms with van der Waals surface area (Å²) < 4.78 is 5.29. The number of pyridine rings is 1. The van der Waals surface area contributed by atoms with Crippen LogP contribution >= 0.6 is 0 Å². The van der Waals surface area contributed by atoms with E-state index in [1.165, 1.54) is 0 Å². The van der Waals surface area contributed by atoms with E-state index in [2.05, 4.69) is 40.0 Å². The molecular weight excluding hydrogens is 402 g/mol. The molecule has 0 bridgehead atoms. The van der Waals surface area contributed by atoms with Crippen molar-refractivity contribution in [3.63, 3.8) is 0 Å². The zero-order valence-electron chi connectivity index (χ0n) is 19.1. The van der Waals surface area contributed by atoms with Crippen LogP contribution in [0.5, 0.6) is 0 Å². The molecule has 32 heavy (non-hydrogen) atoms. The summed E-state index contributed by atoms with van der Waals surface area (Å²) in [5.41, 5.74) is 15.4. The average molecular weight is 434 g/mol. The van der Waals surface area contributed by atoms with Gasteiger partial charge in [-0.25, -0.2) is 15.2 Å². The Hall–Kier alpha value is -3.74. The molecule has 1 amide bonds. The van der Waals surface area contributed by atoms with Crippen LogP contribution in [-0.4, -0.2) is 16.7 Å². The number of rotatable bonds is 7. The lowest BCUT2D eigenvalue weighted by Gasteiger charge is -2.27. The number of hydrogen-bond acceptors (Lipinski definition) is 6. The number of carbonyl (C=O) groups excluding carboxylic acids is 1. The SMILES string of the molecule is Cc1cc(NNC(=O)OC(C)(C)C)c(N)c(N(Cc2ccccc2)Cc2ccccc2)n1. The van der Waals surface area contributed by atoms with Crippen molar-refractivity contribution < 1.29 is 9.53 Å². The highest BCUT2D eigenvalue weighted by atomic mass is 16.6. The number of nitrogens with zero attached hydrogens (tertiary/aromatic N) is 2. The van der Waals surface area contributed by atoms with Crippen LogP contribution in [0.3, 0.4) is 0 Å². The van der Waals surface area contributed by atoms with E-state index in [0.717, 1.165) is 16.8 Å². The molecule has 7 nitrogen and oxygen atoms in total. The zero-order chi connectivity index (χ0) is 23.1. The zero-order valence-corrected chi connectivity index (χ0v) is 19.1. The molecule has 2 aromatic carbocycles. The van der Waals surface area contributed by atoms with Crippen LogP contribution in [0.2, 0.25) is 0 Å². The van der Waals surface area contributed by atoms with E-state index in [0.29, 0.717) is 30.3 Å². The van der Waals surface area contributed by atoms with Crippen LogP contribution < -0.4 is 21.5 Å². The summed E-state index contributed by atoms with van der Waals surface area (Å²) in [5.74, 6) is 0.645. The number of aromatic nitrogens is 1. The van der Waals surface area contributed by atoms with E-state index in [1.807, 2.05) is 43.3 Å². The van der Waals surface area contributed by atoms with Crippen LogP contribution in [0.4, 0.5) is 22.0 Å². The molecular formula is C25H31N5O2. The van der Waals surface area contributed by atoms with Gasteiger partial charge in [0, 0.05) is 18.8 Å². The number of carbonyl (C=O) groups is 1. The number of amides is 1. The number of anilines is 3. The van der Waals surface area contributed by atoms with Crippen LogP contribution in [-0.2, 0) is 17.8 Å². The van der Waals surface area contributed by atoms with E-state index < -0.39 is 11.7 Å². The maximum Gasteiger partial charge on any atom is 0.426 e. The second-order valence-corrected chi connectivity index (χ2v) is 8.63. The number of nitrogen functional groups attached to an aromatic ring is 1. The lowest BCUT2D eigenvalue weighted by atomic mass is 10.1. The van der Waals surface area contributed by atoms with Gasteiger partial charge in [-0.15, -0.1) is 0 Å². The van der Waals surface area contributed by atoms with E-state index in [-0.39, 0.29) is 0 Å². The van der Waals surface area contributed by atoms with E-state index in [9.17, 15) is 4.79 Å². The number of nitrogens with two attached hydrogens (primary N) is 1. The lowest BCUT2D eigenvalue weighted by molar-refractivity contribution is 0.0541. The molecule has 0 radical (unpaired) electrons. The molecule has 0 aliphatic heterocycles. The number of hydrazine groups is 1. The van der Waals surface area contributed by atoms with Crippen molar-refractivity contribution in [2.75, 3.05) is 16.1 Å². The fourth-order valence-corrected chi connectivity index (χ4v) is 3.25. The van der Waals surface area contributed by atoms with Crippen molar-refractivity contribution in [2.24, 2.45) is 0 Å². The van der Waals surface area contributed by atoms with E-state index in [4.69, 9.17) is 15.5 Å². The number of ether oxygens (including phenoxy) is 1. The van der Waals surface area contributed by atoms with E-state index >= 15 is 0 Å². The van der Waals surface area contributed by atoms with Gasteiger partial charge >= 0.3 is 6.09 Å². The molecule has 0 saturated carbocycles. The molecule has 168 valence electrons. The predicted molar refractivity (Wildman–Crippen MR) is 129 cm³/mol. The maximum atomic E-state index is 12.1. The Balaban J connectivity index is 1.88. The Kier molecular flexibility index (Phi) is 7.20. The maximum absolute atomic E-state index is 12.1. The van der Waals surface area contributed by atoms with Crippen molar-refractivity contribution in [2.45, 2.75) is 46.4 Å². The summed E-state index contributed by atoms with van der Waals surface area (Å²) in [5, 5.41) is 0. The first-order chi connectivity index (χ1) is 15.2.